The number of hydrogen-bond acceptors (Lipinski definition) is 5. The quantitative estimate of drug-likeness (QED) is 0.940. The summed E-state index contributed by atoms with van der Waals surface area (Å²) in [7, 11) is 3.95. The molecule has 0 radical (unpaired) electrons. The maximum Gasteiger partial charge on any atom is 0.171 e. The van der Waals surface area contributed by atoms with E-state index in [2.05, 4.69) is 33.5 Å². The van der Waals surface area contributed by atoms with E-state index in [9.17, 15) is 0 Å². The van der Waals surface area contributed by atoms with E-state index in [0.717, 1.165) is 43.4 Å². The van der Waals surface area contributed by atoms with Crippen LogP contribution >= 0.6 is 0 Å². The molecule has 1 atom stereocenters. The second kappa shape index (κ2) is 6.64. The number of ether oxygens (including phenoxy) is 1. The van der Waals surface area contributed by atoms with Crippen molar-refractivity contribution in [2.75, 3.05) is 37.5 Å². The molecular formula is C17H22N4O. The van der Waals surface area contributed by atoms with Crippen LogP contribution in [0.5, 0.6) is 5.75 Å². The van der Waals surface area contributed by atoms with Crippen molar-refractivity contribution in [2.45, 2.75) is 12.8 Å². The van der Waals surface area contributed by atoms with Crippen molar-refractivity contribution in [1.82, 2.24) is 9.97 Å². The third-order valence-electron chi connectivity index (χ3n) is 3.93. The molecule has 0 spiro atoms. The summed E-state index contributed by atoms with van der Waals surface area (Å²) in [5.74, 6) is 3.26. The van der Waals surface area contributed by atoms with Gasteiger partial charge in [0.25, 0.3) is 0 Å². The Balaban J connectivity index is 1.67. The number of fused-ring (bicyclic) bond motifs is 1. The Kier molecular flexibility index (Phi) is 4.42. The number of benzene rings is 1. The van der Waals surface area contributed by atoms with Gasteiger partial charge in [0.1, 0.15) is 5.75 Å². The smallest absolute Gasteiger partial charge is 0.171 e. The van der Waals surface area contributed by atoms with Gasteiger partial charge in [-0.3, -0.25) is 0 Å². The third kappa shape index (κ3) is 3.30. The first-order valence-electron chi connectivity index (χ1n) is 7.67. The number of anilines is 2. The molecule has 1 aliphatic rings. The predicted molar refractivity (Wildman–Crippen MR) is 88.6 cm³/mol. The van der Waals surface area contributed by atoms with E-state index >= 15 is 0 Å². The van der Waals surface area contributed by atoms with E-state index < -0.39 is 0 Å². The lowest BCUT2D eigenvalue weighted by molar-refractivity contribution is 0.298. The molecule has 1 aromatic heterocycles. The number of aromatic nitrogens is 2. The van der Waals surface area contributed by atoms with Crippen molar-refractivity contribution in [2.24, 2.45) is 5.92 Å². The molecule has 5 heteroatoms. The summed E-state index contributed by atoms with van der Waals surface area (Å²) in [4.78, 5) is 10.8. The fraction of sp³-hybridized carbons (Fsp3) is 0.412. The average molecular weight is 298 g/mol. The fourth-order valence-electron chi connectivity index (χ4n) is 2.76. The summed E-state index contributed by atoms with van der Waals surface area (Å²) >= 11 is 0. The third-order valence-corrected chi connectivity index (χ3v) is 3.93. The molecule has 1 aromatic carbocycles. The minimum Gasteiger partial charge on any atom is -0.493 e. The fourth-order valence-corrected chi connectivity index (χ4v) is 2.76. The van der Waals surface area contributed by atoms with Gasteiger partial charge in [-0.25, -0.2) is 9.97 Å². The molecule has 116 valence electrons. The normalized spacial score (nSPS) is 17.1. The highest BCUT2D eigenvalue weighted by molar-refractivity contribution is 5.59. The van der Waals surface area contributed by atoms with Crippen LogP contribution in [0.4, 0.5) is 11.6 Å². The molecule has 2 aromatic rings. The van der Waals surface area contributed by atoms with Crippen molar-refractivity contribution in [3.63, 3.8) is 0 Å². The molecule has 0 fully saturated rings. The Hall–Kier alpha value is -2.30. The van der Waals surface area contributed by atoms with Crippen molar-refractivity contribution in [3.8, 4) is 5.75 Å². The standard InChI is InChI=1S/C17H22N4O/c1-21(2)17-16(18-8-9-19-17)20-12-13-7-10-22-15-6-4-3-5-14(15)11-13/h3-6,8-9,13H,7,10-12H2,1-2H3,(H,18,20)/t13-/m0/s1. The van der Waals surface area contributed by atoms with Gasteiger partial charge in [-0.1, -0.05) is 18.2 Å². The molecule has 5 nitrogen and oxygen atoms in total. The van der Waals surface area contributed by atoms with E-state index in [4.69, 9.17) is 4.74 Å². The van der Waals surface area contributed by atoms with E-state index in [1.807, 2.05) is 25.1 Å². The Morgan fingerprint density at radius 1 is 1.23 bits per heavy atom. The lowest BCUT2D eigenvalue weighted by atomic mass is 9.97. The zero-order chi connectivity index (χ0) is 15.4. The summed E-state index contributed by atoms with van der Waals surface area (Å²) in [6.07, 6.45) is 5.51. The predicted octanol–water partition coefficient (Wildman–Crippen LogP) is 2.60. The Morgan fingerprint density at radius 2 is 2.05 bits per heavy atom. The van der Waals surface area contributed by atoms with Gasteiger partial charge in [0.2, 0.25) is 0 Å². The minimum atomic E-state index is 0.528. The summed E-state index contributed by atoms with van der Waals surface area (Å²) < 4.78 is 5.83. The maximum atomic E-state index is 5.83. The Labute approximate surface area is 131 Å². The number of hydrogen-bond donors (Lipinski definition) is 1. The van der Waals surface area contributed by atoms with Crippen LogP contribution in [0.15, 0.2) is 36.7 Å². The van der Waals surface area contributed by atoms with Crippen LogP contribution in [0.25, 0.3) is 0 Å². The molecule has 2 heterocycles. The minimum absolute atomic E-state index is 0.528. The van der Waals surface area contributed by atoms with Crippen LogP contribution in [0, 0.1) is 5.92 Å². The van der Waals surface area contributed by atoms with E-state index in [-0.39, 0.29) is 0 Å². The number of rotatable bonds is 4. The van der Waals surface area contributed by atoms with Crippen LogP contribution in [0.1, 0.15) is 12.0 Å². The van der Waals surface area contributed by atoms with Gasteiger partial charge in [0, 0.05) is 33.0 Å². The first-order valence-corrected chi connectivity index (χ1v) is 7.67. The van der Waals surface area contributed by atoms with Gasteiger partial charge in [0.15, 0.2) is 11.6 Å². The first-order chi connectivity index (χ1) is 10.7. The van der Waals surface area contributed by atoms with Crippen LogP contribution in [-0.4, -0.2) is 37.2 Å². The summed E-state index contributed by atoms with van der Waals surface area (Å²) in [6.45, 7) is 1.64. The topological polar surface area (TPSA) is 50.3 Å². The Morgan fingerprint density at radius 3 is 2.91 bits per heavy atom. The van der Waals surface area contributed by atoms with Gasteiger partial charge < -0.3 is 15.0 Å². The average Bonchev–Trinajstić information content (AvgIpc) is 2.75. The SMILES string of the molecule is CN(C)c1nccnc1NC[C@H]1CCOc2ccccc2C1. The van der Waals surface area contributed by atoms with Gasteiger partial charge in [-0.05, 0) is 30.4 Å². The molecule has 1 N–H and O–H groups in total. The lowest BCUT2D eigenvalue weighted by Crippen LogP contribution is -2.20. The first kappa shape index (κ1) is 14.6. The van der Waals surface area contributed by atoms with Crippen LogP contribution < -0.4 is 15.0 Å². The molecule has 0 saturated carbocycles. The zero-order valence-electron chi connectivity index (χ0n) is 13.1. The molecule has 0 aliphatic carbocycles. The van der Waals surface area contributed by atoms with Crippen molar-refractivity contribution in [3.05, 3.63) is 42.2 Å². The second-order valence-corrected chi connectivity index (χ2v) is 5.82. The summed E-state index contributed by atoms with van der Waals surface area (Å²) in [6, 6.07) is 8.31. The summed E-state index contributed by atoms with van der Waals surface area (Å²) in [5.41, 5.74) is 1.29. The highest BCUT2D eigenvalue weighted by atomic mass is 16.5. The molecule has 3 rings (SSSR count). The van der Waals surface area contributed by atoms with Crippen molar-refractivity contribution >= 4 is 11.6 Å². The van der Waals surface area contributed by atoms with E-state index in [0.29, 0.717) is 5.92 Å². The van der Waals surface area contributed by atoms with Crippen molar-refractivity contribution in [1.29, 1.82) is 0 Å². The maximum absolute atomic E-state index is 5.83. The highest BCUT2D eigenvalue weighted by Crippen LogP contribution is 2.27. The number of nitrogens with one attached hydrogen (secondary N) is 1. The zero-order valence-corrected chi connectivity index (χ0v) is 13.1. The highest BCUT2D eigenvalue weighted by Gasteiger charge is 2.18. The van der Waals surface area contributed by atoms with E-state index in [1.54, 1.807) is 12.4 Å². The molecule has 0 amide bonds. The molecule has 0 bridgehead atoms. The number of para-hydroxylation sites is 1. The van der Waals surface area contributed by atoms with Crippen LogP contribution in [0.3, 0.4) is 0 Å². The van der Waals surface area contributed by atoms with Gasteiger partial charge >= 0.3 is 0 Å². The van der Waals surface area contributed by atoms with Crippen LogP contribution in [0.2, 0.25) is 0 Å². The summed E-state index contributed by atoms with van der Waals surface area (Å²) in [5, 5.41) is 3.45. The van der Waals surface area contributed by atoms with Gasteiger partial charge in [-0.15, -0.1) is 0 Å². The molecule has 22 heavy (non-hydrogen) atoms. The van der Waals surface area contributed by atoms with E-state index in [1.165, 1.54) is 5.56 Å². The monoisotopic (exact) mass is 298 g/mol. The lowest BCUT2D eigenvalue weighted by Gasteiger charge is -2.19. The number of nitrogens with zero attached hydrogens (tertiary/aromatic N) is 3. The molecule has 0 unspecified atom stereocenters. The van der Waals surface area contributed by atoms with Crippen molar-refractivity contribution < 1.29 is 4.74 Å². The second-order valence-electron chi connectivity index (χ2n) is 5.82. The largest absolute Gasteiger partial charge is 0.493 e. The molecular weight excluding hydrogens is 276 g/mol. The Bertz CT molecular complexity index is 630. The molecule has 1 aliphatic heterocycles. The van der Waals surface area contributed by atoms with Crippen LogP contribution in [-0.2, 0) is 6.42 Å². The van der Waals surface area contributed by atoms with Gasteiger partial charge in [0.05, 0.1) is 6.61 Å². The van der Waals surface area contributed by atoms with Gasteiger partial charge in [-0.2, -0.15) is 0 Å². The molecule has 0 saturated heterocycles.